The van der Waals surface area contributed by atoms with E-state index < -0.39 is 0 Å². The Labute approximate surface area is 149 Å². The van der Waals surface area contributed by atoms with Crippen molar-refractivity contribution in [1.82, 2.24) is 10.3 Å². The van der Waals surface area contributed by atoms with Crippen molar-refractivity contribution in [3.8, 4) is 0 Å². The molecule has 0 aliphatic rings. The minimum Gasteiger partial charge on any atom is -0.361 e. The number of carbonyl (C=O) groups excluding carboxylic acids is 1. The molecule has 0 radical (unpaired) electrons. The van der Waals surface area contributed by atoms with Crippen LogP contribution < -0.4 is 5.32 Å². The molecule has 0 fully saturated rings. The van der Waals surface area contributed by atoms with Gasteiger partial charge in [-0.3, -0.25) is 4.79 Å². The zero-order valence-electron chi connectivity index (χ0n) is 15.0. The molecule has 3 nitrogen and oxygen atoms in total. The lowest BCUT2D eigenvalue weighted by atomic mass is 9.96. The molecular formula is C22H26N2O. The lowest BCUT2D eigenvalue weighted by Gasteiger charge is -2.11. The Hall–Kier alpha value is -2.55. The molecule has 0 saturated carbocycles. The molecule has 25 heavy (non-hydrogen) atoms. The SMILES string of the molecule is Cc1cccc2c(CCNC(=O)CCC(C)c3ccccc3)c[nH]c12. The number of aromatic amines is 1. The number of para-hydroxylation sites is 1. The second-order valence-corrected chi connectivity index (χ2v) is 6.76. The summed E-state index contributed by atoms with van der Waals surface area (Å²) in [6.45, 7) is 4.97. The van der Waals surface area contributed by atoms with Crippen molar-refractivity contribution in [2.24, 2.45) is 0 Å². The first-order valence-electron chi connectivity index (χ1n) is 9.02. The number of nitrogens with one attached hydrogen (secondary N) is 2. The van der Waals surface area contributed by atoms with Crippen molar-refractivity contribution in [3.05, 3.63) is 71.4 Å². The Balaban J connectivity index is 1.45. The predicted octanol–water partition coefficient (Wildman–Crippen LogP) is 4.72. The van der Waals surface area contributed by atoms with Crippen LogP contribution in [0.3, 0.4) is 0 Å². The van der Waals surface area contributed by atoms with Crippen LogP contribution in [0.5, 0.6) is 0 Å². The number of benzene rings is 2. The summed E-state index contributed by atoms with van der Waals surface area (Å²) in [5.74, 6) is 0.544. The van der Waals surface area contributed by atoms with Crippen LogP contribution in [0.25, 0.3) is 10.9 Å². The number of fused-ring (bicyclic) bond motifs is 1. The van der Waals surface area contributed by atoms with E-state index >= 15 is 0 Å². The molecule has 1 aromatic heterocycles. The number of hydrogen-bond donors (Lipinski definition) is 2. The molecule has 1 atom stereocenters. The number of amides is 1. The Morgan fingerprint density at radius 1 is 1.12 bits per heavy atom. The van der Waals surface area contributed by atoms with E-state index in [4.69, 9.17) is 0 Å². The molecule has 0 aliphatic carbocycles. The number of rotatable bonds is 7. The van der Waals surface area contributed by atoms with E-state index in [0.29, 0.717) is 18.9 Å². The van der Waals surface area contributed by atoms with E-state index in [1.165, 1.54) is 27.6 Å². The minimum absolute atomic E-state index is 0.138. The smallest absolute Gasteiger partial charge is 0.220 e. The van der Waals surface area contributed by atoms with Crippen molar-refractivity contribution in [3.63, 3.8) is 0 Å². The van der Waals surface area contributed by atoms with Crippen molar-refractivity contribution >= 4 is 16.8 Å². The largest absolute Gasteiger partial charge is 0.361 e. The van der Waals surface area contributed by atoms with Gasteiger partial charge in [-0.05, 0) is 42.4 Å². The highest BCUT2D eigenvalue weighted by atomic mass is 16.1. The molecule has 130 valence electrons. The van der Waals surface area contributed by atoms with E-state index in [1.54, 1.807) is 0 Å². The number of aryl methyl sites for hydroxylation is 1. The molecule has 0 bridgehead atoms. The van der Waals surface area contributed by atoms with Gasteiger partial charge in [0.1, 0.15) is 0 Å². The molecule has 3 heteroatoms. The fraction of sp³-hybridized carbons (Fsp3) is 0.318. The van der Waals surface area contributed by atoms with Gasteiger partial charge in [0.05, 0.1) is 0 Å². The maximum absolute atomic E-state index is 12.1. The summed E-state index contributed by atoms with van der Waals surface area (Å²) in [5.41, 5.74) is 5.00. The Morgan fingerprint density at radius 2 is 1.92 bits per heavy atom. The van der Waals surface area contributed by atoms with Gasteiger partial charge in [-0.1, -0.05) is 55.5 Å². The van der Waals surface area contributed by atoms with Crippen molar-refractivity contribution in [2.45, 2.75) is 39.0 Å². The van der Waals surface area contributed by atoms with Gasteiger partial charge in [-0.25, -0.2) is 0 Å². The highest BCUT2D eigenvalue weighted by Crippen LogP contribution is 2.22. The van der Waals surface area contributed by atoms with Gasteiger partial charge in [0.25, 0.3) is 0 Å². The second-order valence-electron chi connectivity index (χ2n) is 6.76. The van der Waals surface area contributed by atoms with Crippen LogP contribution in [0.2, 0.25) is 0 Å². The summed E-state index contributed by atoms with van der Waals surface area (Å²) in [6.07, 6.45) is 4.36. The van der Waals surface area contributed by atoms with Crippen molar-refractivity contribution in [2.75, 3.05) is 6.54 Å². The summed E-state index contributed by atoms with van der Waals surface area (Å²) in [7, 11) is 0. The average Bonchev–Trinajstić information content (AvgIpc) is 3.05. The third-order valence-corrected chi connectivity index (χ3v) is 4.90. The summed E-state index contributed by atoms with van der Waals surface area (Å²) < 4.78 is 0. The predicted molar refractivity (Wildman–Crippen MR) is 104 cm³/mol. The van der Waals surface area contributed by atoms with Crippen LogP contribution in [-0.4, -0.2) is 17.4 Å². The molecule has 1 amide bonds. The molecule has 3 rings (SSSR count). The molecule has 2 aromatic carbocycles. The number of aromatic nitrogens is 1. The molecule has 1 unspecified atom stereocenters. The lowest BCUT2D eigenvalue weighted by molar-refractivity contribution is -0.121. The third kappa shape index (κ3) is 4.30. The lowest BCUT2D eigenvalue weighted by Crippen LogP contribution is -2.25. The first kappa shape index (κ1) is 17.3. The van der Waals surface area contributed by atoms with E-state index in [2.05, 4.69) is 72.8 Å². The normalized spacial score (nSPS) is 12.2. The van der Waals surface area contributed by atoms with Crippen LogP contribution in [0, 0.1) is 6.92 Å². The maximum atomic E-state index is 12.1. The van der Waals surface area contributed by atoms with E-state index in [-0.39, 0.29) is 5.91 Å². The highest BCUT2D eigenvalue weighted by molar-refractivity contribution is 5.86. The van der Waals surface area contributed by atoms with E-state index in [1.807, 2.05) is 6.07 Å². The zero-order valence-corrected chi connectivity index (χ0v) is 15.0. The first-order valence-corrected chi connectivity index (χ1v) is 9.02. The number of carbonyl (C=O) groups is 1. The second kappa shape index (κ2) is 8.02. The van der Waals surface area contributed by atoms with E-state index in [9.17, 15) is 4.79 Å². The summed E-state index contributed by atoms with van der Waals surface area (Å²) in [6, 6.07) is 16.7. The zero-order chi connectivity index (χ0) is 17.6. The van der Waals surface area contributed by atoms with Crippen LogP contribution in [0.1, 0.15) is 42.4 Å². The molecule has 1 heterocycles. The summed E-state index contributed by atoms with van der Waals surface area (Å²) in [4.78, 5) is 15.4. The molecule has 0 saturated heterocycles. The first-order chi connectivity index (χ1) is 12.1. The number of hydrogen-bond acceptors (Lipinski definition) is 1. The molecule has 2 N–H and O–H groups in total. The topological polar surface area (TPSA) is 44.9 Å². The van der Waals surface area contributed by atoms with Gasteiger partial charge < -0.3 is 10.3 Å². The maximum Gasteiger partial charge on any atom is 0.220 e. The van der Waals surface area contributed by atoms with E-state index in [0.717, 1.165) is 12.8 Å². The third-order valence-electron chi connectivity index (χ3n) is 4.90. The van der Waals surface area contributed by atoms with Crippen LogP contribution >= 0.6 is 0 Å². The molecular weight excluding hydrogens is 308 g/mol. The monoisotopic (exact) mass is 334 g/mol. The van der Waals surface area contributed by atoms with Crippen LogP contribution in [-0.2, 0) is 11.2 Å². The molecule has 3 aromatic rings. The summed E-state index contributed by atoms with van der Waals surface area (Å²) in [5, 5.41) is 4.31. The highest BCUT2D eigenvalue weighted by Gasteiger charge is 2.09. The fourth-order valence-electron chi connectivity index (χ4n) is 3.29. The van der Waals surface area contributed by atoms with Crippen molar-refractivity contribution in [1.29, 1.82) is 0 Å². The van der Waals surface area contributed by atoms with Gasteiger partial charge in [-0.15, -0.1) is 0 Å². The van der Waals surface area contributed by atoms with Gasteiger partial charge in [-0.2, -0.15) is 0 Å². The Morgan fingerprint density at radius 3 is 2.72 bits per heavy atom. The van der Waals surface area contributed by atoms with Gasteiger partial charge in [0.15, 0.2) is 0 Å². The Kier molecular flexibility index (Phi) is 5.54. The number of H-pyrrole nitrogens is 1. The van der Waals surface area contributed by atoms with Gasteiger partial charge >= 0.3 is 0 Å². The van der Waals surface area contributed by atoms with Crippen LogP contribution in [0.4, 0.5) is 0 Å². The standard InChI is InChI=1S/C22H26N2O/c1-16(18-8-4-3-5-9-18)11-12-21(25)23-14-13-19-15-24-22-17(2)7-6-10-20(19)22/h3-10,15-16,24H,11-14H2,1-2H3,(H,23,25). The summed E-state index contributed by atoms with van der Waals surface area (Å²) >= 11 is 0. The average molecular weight is 334 g/mol. The molecule has 0 spiro atoms. The fourth-order valence-corrected chi connectivity index (χ4v) is 3.29. The van der Waals surface area contributed by atoms with Crippen molar-refractivity contribution < 1.29 is 4.79 Å². The van der Waals surface area contributed by atoms with Crippen LogP contribution in [0.15, 0.2) is 54.7 Å². The van der Waals surface area contributed by atoms with Gasteiger partial charge in [0, 0.05) is 30.1 Å². The minimum atomic E-state index is 0.138. The molecule has 0 aliphatic heterocycles. The quantitative estimate of drug-likeness (QED) is 0.645. The van der Waals surface area contributed by atoms with Gasteiger partial charge in [0.2, 0.25) is 5.91 Å². The Bertz CT molecular complexity index is 836.